The van der Waals surface area contributed by atoms with Crippen LogP contribution in [-0.2, 0) is 10.0 Å². The molecule has 0 aromatic heterocycles. The SMILES string of the molecule is CN([C@@H]1CCCC[C@H]1O)S(C)(=O)=O. The first-order valence-corrected chi connectivity index (χ1v) is 6.39. The molecule has 0 aliphatic heterocycles. The highest BCUT2D eigenvalue weighted by molar-refractivity contribution is 7.88. The summed E-state index contributed by atoms with van der Waals surface area (Å²) in [6.07, 6.45) is 4.16. The Kier molecular flexibility index (Phi) is 3.32. The van der Waals surface area contributed by atoms with Crippen LogP contribution in [0.5, 0.6) is 0 Å². The summed E-state index contributed by atoms with van der Waals surface area (Å²) in [7, 11) is -1.63. The number of aliphatic hydroxyl groups is 1. The molecule has 1 rings (SSSR count). The zero-order chi connectivity index (χ0) is 10.1. The molecule has 1 fully saturated rings. The lowest BCUT2D eigenvalue weighted by Crippen LogP contribution is -2.45. The van der Waals surface area contributed by atoms with Gasteiger partial charge in [0.05, 0.1) is 18.4 Å². The summed E-state index contributed by atoms with van der Waals surface area (Å²) >= 11 is 0. The molecule has 0 saturated heterocycles. The summed E-state index contributed by atoms with van der Waals surface area (Å²) in [5.74, 6) is 0. The number of hydrogen-bond donors (Lipinski definition) is 1. The molecule has 1 N–H and O–H groups in total. The van der Waals surface area contributed by atoms with Gasteiger partial charge in [0.2, 0.25) is 10.0 Å². The minimum absolute atomic E-state index is 0.219. The topological polar surface area (TPSA) is 57.6 Å². The van der Waals surface area contributed by atoms with Crippen LogP contribution in [0.25, 0.3) is 0 Å². The average molecular weight is 207 g/mol. The van der Waals surface area contributed by atoms with Crippen LogP contribution in [-0.4, -0.2) is 43.3 Å². The van der Waals surface area contributed by atoms with Gasteiger partial charge in [-0.05, 0) is 12.8 Å². The molecule has 1 aliphatic rings. The maximum atomic E-state index is 11.2. The van der Waals surface area contributed by atoms with Crippen molar-refractivity contribution in [3.63, 3.8) is 0 Å². The molecule has 1 saturated carbocycles. The van der Waals surface area contributed by atoms with Crippen LogP contribution in [0.3, 0.4) is 0 Å². The van der Waals surface area contributed by atoms with Crippen molar-refractivity contribution in [3.05, 3.63) is 0 Å². The van der Waals surface area contributed by atoms with Crippen molar-refractivity contribution in [2.75, 3.05) is 13.3 Å². The van der Waals surface area contributed by atoms with E-state index in [4.69, 9.17) is 0 Å². The van der Waals surface area contributed by atoms with E-state index in [0.717, 1.165) is 19.3 Å². The summed E-state index contributed by atoms with van der Waals surface area (Å²) in [6, 6.07) is -0.219. The Morgan fingerprint density at radius 2 is 1.85 bits per heavy atom. The van der Waals surface area contributed by atoms with Crippen molar-refractivity contribution in [1.82, 2.24) is 4.31 Å². The molecule has 0 unspecified atom stereocenters. The number of sulfonamides is 1. The molecule has 1 aliphatic carbocycles. The highest BCUT2D eigenvalue weighted by atomic mass is 32.2. The van der Waals surface area contributed by atoms with Crippen molar-refractivity contribution >= 4 is 10.0 Å². The number of likely N-dealkylation sites (N-methyl/N-ethyl adjacent to an activating group) is 1. The van der Waals surface area contributed by atoms with Gasteiger partial charge in [0, 0.05) is 7.05 Å². The largest absolute Gasteiger partial charge is 0.391 e. The van der Waals surface area contributed by atoms with Gasteiger partial charge in [-0.3, -0.25) is 0 Å². The lowest BCUT2D eigenvalue weighted by molar-refractivity contribution is 0.0640. The van der Waals surface area contributed by atoms with Gasteiger partial charge in [-0.2, -0.15) is 4.31 Å². The van der Waals surface area contributed by atoms with E-state index in [0.29, 0.717) is 6.42 Å². The molecule has 0 heterocycles. The van der Waals surface area contributed by atoms with Crippen molar-refractivity contribution in [2.45, 2.75) is 37.8 Å². The van der Waals surface area contributed by atoms with Crippen LogP contribution in [0.4, 0.5) is 0 Å². The molecular weight excluding hydrogens is 190 g/mol. The van der Waals surface area contributed by atoms with Gasteiger partial charge in [0.15, 0.2) is 0 Å². The van der Waals surface area contributed by atoms with E-state index < -0.39 is 16.1 Å². The fraction of sp³-hybridized carbons (Fsp3) is 1.00. The van der Waals surface area contributed by atoms with Crippen LogP contribution in [0.2, 0.25) is 0 Å². The third-order valence-electron chi connectivity index (χ3n) is 2.68. The first kappa shape index (κ1) is 10.9. The molecule has 0 amide bonds. The van der Waals surface area contributed by atoms with Crippen molar-refractivity contribution < 1.29 is 13.5 Å². The van der Waals surface area contributed by atoms with Gasteiger partial charge in [-0.25, -0.2) is 8.42 Å². The lowest BCUT2D eigenvalue weighted by Gasteiger charge is -2.33. The van der Waals surface area contributed by atoms with Crippen molar-refractivity contribution in [2.24, 2.45) is 0 Å². The van der Waals surface area contributed by atoms with E-state index in [-0.39, 0.29) is 6.04 Å². The number of rotatable bonds is 2. The van der Waals surface area contributed by atoms with E-state index in [9.17, 15) is 13.5 Å². The Bertz CT molecular complexity index is 263. The highest BCUT2D eigenvalue weighted by Crippen LogP contribution is 2.23. The zero-order valence-corrected chi connectivity index (χ0v) is 8.92. The van der Waals surface area contributed by atoms with Gasteiger partial charge in [0.25, 0.3) is 0 Å². The fourth-order valence-electron chi connectivity index (χ4n) is 1.76. The van der Waals surface area contributed by atoms with E-state index in [2.05, 4.69) is 0 Å². The molecule has 78 valence electrons. The average Bonchev–Trinajstić information content (AvgIpc) is 2.02. The third kappa shape index (κ3) is 2.65. The molecule has 0 aromatic rings. The smallest absolute Gasteiger partial charge is 0.211 e. The zero-order valence-electron chi connectivity index (χ0n) is 8.10. The maximum absolute atomic E-state index is 11.2. The van der Waals surface area contributed by atoms with E-state index in [1.807, 2.05) is 0 Å². The number of hydrogen-bond acceptors (Lipinski definition) is 3. The third-order valence-corrected chi connectivity index (χ3v) is 4.00. The summed E-state index contributed by atoms with van der Waals surface area (Å²) < 4.78 is 23.7. The predicted octanol–water partition coefficient (Wildman–Crippen LogP) is 0.181. The number of aliphatic hydroxyl groups excluding tert-OH is 1. The van der Waals surface area contributed by atoms with Gasteiger partial charge in [-0.1, -0.05) is 12.8 Å². The summed E-state index contributed by atoms with van der Waals surface area (Å²) in [5, 5.41) is 9.60. The molecule has 13 heavy (non-hydrogen) atoms. The Hall–Kier alpha value is -0.130. The standard InChI is InChI=1S/C8H17NO3S/c1-9(13(2,11)12)7-5-3-4-6-8(7)10/h7-8,10H,3-6H2,1-2H3/t7-,8-/m1/s1. The second-order valence-corrected chi connectivity index (χ2v) is 5.74. The first-order chi connectivity index (χ1) is 5.93. The minimum Gasteiger partial charge on any atom is -0.391 e. The highest BCUT2D eigenvalue weighted by Gasteiger charge is 2.30. The van der Waals surface area contributed by atoms with Crippen LogP contribution >= 0.6 is 0 Å². The van der Waals surface area contributed by atoms with Gasteiger partial charge in [0.1, 0.15) is 0 Å². The summed E-state index contributed by atoms with van der Waals surface area (Å²) in [4.78, 5) is 0. The molecule has 0 radical (unpaired) electrons. The molecule has 4 nitrogen and oxygen atoms in total. The van der Waals surface area contributed by atoms with E-state index in [1.54, 1.807) is 0 Å². The van der Waals surface area contributed by atoms with Crippen LogP contribution in [0, 0.1) is 0 Å². The lowest BCUT2D eigenvalue weighted by atomic mass is 9.93. The summed E-state index contributed by atoms with van der Waals surface area (Å²) in [6.45, 7) is 0. The number of nitrogens with zero attached hydrogens (tertiary/aromatic N) is 1. The minimum atomic E-state index is -3.16. The fourth-order valence-corrected chi connectivity index (χ4v) is 2.50. The van der Waals surface area contributed by atoms with E-state index >= 15 is 0 Å². The van der Waals surface area contributed by atoms with Crippen molar-refractivity contribution in [3.8, 4) is 0 Å². The first-order valence-electron chi connectivity index (χ1n) is 4.54. The van der Waals surface area contributed by atoms with Crippen LogP contribution < -0.4 is 0 Å². The molecule has 0 aromatic carbocycles. The Balaban J connectivity index is 2.70. The second-order valence-electron chi connectivity index (χ2n) is 3.70. The quantitative estimate of drug-likeness (QED) is 0.703. The second kappa shape index (κ2) is 3.94. The monoisotopic (exact) mass is 207 g/mol. The Morgan fingerprint density at radius 3 is 2.31 bits per heavy atom. The van der Waals surface area contributed by atoms with E-state index in [1.165, 1.54) is 17.6 Å². The van der Waals surface area contributed by atoms with Gasteiger partial charge < -0.3 is 5.11 Å². The molecule has 0 bridgehead atoms. The summed E-state index contributed by atoms with van der Waals surface area (Å²) in [5.41, 5.74) is 0. The Morgan fingerprint density at radius 1 is 1.31 bits per heavy atom. The molecule has 5 heteroatoms. The van der Waals surface area contributed by atoms with Crippen LogP contribution in [0.15, 0.2) is 0 Å². The molecular formula is C8H17NO3S. The van der Waals surface area contributed by atoms with Gasteiger partial charge >= 0.3 is 0 Å². The van der Waals surface area contributed by atoms with Gasteiger partial charge in [-0.15, -0.1) is 0 Å². The maximum Gasteiger partial charge on any atom is 0.211 e. The molecule has 2 atom stereocenters. The predicted molar refractivity (Wildman–Crippen MR) is 50.9 cm³/mol. The normalized spacial score (nSPS) is 30.8. The van der Waals surface area contributed by atoms with Crippen molar-refractivity contribution in [1.29, 1.82) is 0 Å². The van der Waals surface area contributed by atoms with Crippen LogP contribution in [0.1, 0.15) is 25.7 Å². The Labute approximate surface area is 79.6 Å². The molecule has 0 spiro atoms.